The lowest BCUT2D eigenvalue weighted by Gasteiger charge is -2.03. The highest BCUT2D eigenvalue weighted by atomic mass is 16.6. The van der Waals surface area contributed by atoms with Gasteiger partial charge in [-0.2, -0.15) is 0 Å². The summed E-state index contributed by atoms with van der Waals surface area (Å²) in [5, 5.41) is 21.7. The van der Waals surface area contributed by atoms with E-state index in [4.69, 9.17) is 0 Å². The van der Waals surface area contributed by atoms with E-state index in [9.17, 15) is 29.8 Å². The molecule has 0 unspecified atom stereocenters. The molecule has 0 aliphatic heterocycles. The summed E-state index contributed by atoms with van der Waals surface area (Å²) < 4.78 is 0. The summed E-state index contributed by atoms with van der Waals surface area (Å²) in [6, 6.07) is 19.7. The third-order valence-electron chi connectivity index (χ3n) is 5.30. The van der Waals surface area contributed by atoms with Crippen molar-refractivity contribution in [3.05, 3.63) is 127 Å². The molecule has 0 aliphatic rings. The number of hydrogen-bond acceptors (Lipinski definition) is 6. The van der Waals surface area contributed by atoms with E-state index in [0.717, 1.165) is 11.1 Å². The molecule has 8 nitrogen and oxygen atoms in total. The SMILES string of the molecule is O=C(C/C=C/c1cccc([N+](=O)[O-])c1)Cc1ccc(CC(=O)C/C=C/c2cccc([N+](=O)[O-])c2)cc1. The maximum absolute atomic E-state index is 12.3. The molecule has 0 saturated heterocycles. The van der Waals surface area contributed by atoms with Gasteiger partial charge in [-0.3, -0.25) is 29.8 Å². The van der Waals surface area contributed by atoms with Crippen LogP contribution in [0.5, 0.6) is 0 Å². The van der Waals surface area contributed by atoms with Crippen LogP contribution in [0, 0.1) is 20.2 Å². The summed E-state index contributed by atoms with van der Waals surface area (Å²) in [6.07, 6.45) is 7.67. The van der Waals surface area contributed by atoms with Crippen LogP contribution in [0.4, 0.5) is 11.4 Å². The van der Waals surface area contributed by atoms with E-state index in [2.05, 4.69) is 0 Å². The molecule has 36 heavy (non-hydrogen) atoms. The van der Waals surface area contributed by atoms with E-state index in [1.807, 2.05) is 24.3 Å². The number of nitro benzene ring substituents is 2. The van der Waals surface area contributed by atoms with Crippen LogP contribution in [-0.4, -0.2) is 21.4 Å². The van der Waals surface area contributed by atoms with Crippen molar-refractivity contribution in [2.45, 2.75) is 25.7 Å². The zero-order valence-corrected chi connectivity index (χ0v) is 19.4. The first-order valence-electron chi connectivity index (χ1n) is 11.2. The number of carbonyl (C=O) groups is 2. The van der Waals surface area contributed by atoms with E-state index >= 15 is 0 Å². The molecule has 0 fully saturated rings. The lowest BCUT2D eigenvalue weighted by Crippen LogP contribution is -2.03. The topological polar surface area (TPSA) is 120 Å². The van der Waals surface area contributed by atoms with Gasteiger partial charge in [-0.25, -0.2) is 0 Å². The average molecular weight is 485 g/mol. The molecule has 0 heterocycles. The number of nitro groups is 2. The summed E-state index contributed by atoms with van der Waals surface area (Å²) in [4.78, 5) is 45.3. The highest BCUT2D eigenvalue weighted by Crippen LogP contribution is 2.16. The Morgan fingerprint density at radius 3 is 1.39 bits per heavy atom. The minimum atomic E-state index is -0.461. The molecule has 0 aromatic heterocycles. The van der Waals surface area contributed by atoms with E-state index in [1.165, 1.54) is 24.3 Å². The van der Waals surface area contributed by atoms with Gasteiger partial charge in [0, 0.05) is 49.9 Å². The van der Waals surface area contributed by atoms with Crippen molar-refractivity contribution >= 4 is 35.1 Å². The smallest absolute Gasteiger partial charge is 0.270 e. The van der Waals surface area contributed by atoms with Gasteiger partial charge in [0.15, 0.2) is 0 Å². The molecule has 0 atom stereocenters. The Balaban J connectivity index is 1.45. The standard InChI is InChI=1S/C28H24N2O6/c31-27(11-3-7-21-5-1-9-25(17-21)29(33)34)19-23-13-15-24(16-14-23)20-28(32)12-4-8-22-6-2-10-26(18-22)30(35)36/h1-10,13-18H,11-12,19-20H2/b7-3+,8-4+. The quantitative estimate of drug-likeness (QED) is 0.232. The van der Waals surface area contributed by atoms with E-state index in [1.54, 1.807) is 48.6 Å². The van der Waals surface area contributed by atoms with E-state index in [-0.39, 0.29) is 48.6 Å². The summed E-state index contributed by atoms with van der Waals surface area (Å²) >= 11 is 0. The summed E-state index contributed by atoms with van der Waals surface area (Å²) in [6.45, 7) is 0. The maximum Gasteiger partial charge on any atom is 0.270 e. The van der Waals surface area contributed by atoms with Crippen molar-refractivity contribution in [3.63, 3.8) is 0 Å². The van der Waals surface area contributed by atoms with E-state index in [0.29, 0.717) is 11.1 Å². The maximum atomic E-state index is 12.3. The summed E-state index contributed by atoms with van der Waals surface area (Å²) in [7, 11) is 0. The second kappa shape index (κ2) is 12.7. The van der Waals surface area contributed by atoms with Crippen LogP contribution in [0.1, 0.15) is 35.1 Å². The molecule has 0 radical (unpaired) electrons. The first-order chi connectivity index (χ1) is 17.3. The van der Waals surface area contributed by atoms with Gasteiger partial charge in [-0.05, 0) is 22.3 Å². The molecule has 0 amide bonds. The monoisotopic (exact) mass is 484 g/mol. The van der Waals surface area contributed by atoms with Gasteiger partial charge in [-0.15, -0.1) is 0 Å². The molecule has 0 bridgehead atoms. The molecule has 3 rings (SSSR count). The molecule has 0 N–H and O–H groups in total. The zero-order valence-electron chi connectivity index (χ0n) is 19.4. The van der Waals surface area contributed by atoms with E-state index < -0.39 is 9.85 Å². The zero-order chi connectivity index (χ0) is 25.9. The second-order valence-electron chi connectivity index (χ2n) is 8.16. The van der Waals surface area contributed by atoms with Crippen LogP contribution < -0.4 is 0 Å². The predicted octanol–water partition coefficient (Wildman–Crippen LogP) is 5.93. The van der Waals surface area contributed by atoms with Crippen molar-refractivity contribution < 1.29 is 19.4 Å². The predicted molar refractivity (Wildman–Crippen MR) is 137 cm³/mol. The van der Waals surface area contributed by atoms with Crippen LogP contribution in [0.15, 0.2) is 84.9 Å². The fourth-order valence-electron chi connectivity index (χ4n) is 3.51. The largest absolute Gasteiger partial charge is 0.299 e. The number of hydrogen-bond donors (Lipinski definition) is 0. The van der Waals surface area contributed by atoms with Crippen molar-refractivity contribution in [2.75, 3.05) is 0 Å². The molecule has 182 valence electrons. The van der Waals surface area contributed by atoms with Gasteiger partial charge >= 0.3 is 0 Å². The number of Topliss-reactive ketones (excluding diaryl/α,β-unsaturated/α-hetero) is 2. The van der Waals surface area contributed by atoms with Crippen LogP contribution in [-0.2, 0) is 22.4 Å². The third kappa shape index (κ3) is 8.25. The van der Waals surface area contributed by atoms with Gasteiger partial charge in [0.2, 0.25) is 0 Å². The Labute approximate surface area is 207 Å². The van der Waals surface area contributed by atoms with Gasteiger partial charge < -0.3 is 0 Å². The number of allylic oxidation sites excluding steroid dienone is 2. The molecule has 0 saturated carbocycles. The Hall–Kier alpha value is -4.72. The molecule has 3 aromatic rings. The Morgan fingerprint density at radius 1 is 0.639 bits per heavy atom. The molecule has 0 spiro atoms. The minimum absolute atomic E-state index is 0.000506. The number of nitrogens with zero attached hydrogens (tertiary/aromatic N) is 2. The lowest BCUT2D eigenvalue weighted by molar-refractivity contribution is -0.385. The Kier molecular flexibility index (Phi) is 9.11. The van der Waals surface area contributed by atoms with Crippen molar-refractivity contribution in [1.29, 1.82) is 0 Å². The van der Waals surface area contributed by atoms with Crippen LogP contribution in [0.3, 0.4) is 0 Å². The van der Waals surface area contributed by atoms with Crippen LogP contribution in [0.25, 0.3) is 12.2 Å². The summed E-state index contributed by atoms with van der Waals surface area (Å²) in [5.41, 5.74) is 2.99. The van der Waals surface area contributed by atoms with Crippen LogP contribution in [0.2, 0.25) is 0 Å². The first kappa shape index (κ1) is 25.9. The highest BCUT2D eigenvalue weighted by Gasteiger charge is 2.07. The Bertz CT molecular complexity index is 1220. The van der Waals surface area contributed by atoms with Crippen molar-refractivity contribution in [2.24, 2.45) is 0 Å². The fraction of sp³-hybridized carbons (Fsp3) is 0.143. The minimum Gasteiger partial charge on any atom is -0.299 e. The van der Waals surface area contributed by atoms with Crippen molar-refractivity contribution in [3.8, 4) is 0 Å². The summed E-state index contributed by atoms with van der Waals surface area (Å²) in [5.74, 6) is 0.0126. The number of carbonyl (C=O) groups excluding carboxylic acids is 2. The Morgan fingerprint density at radius 2 is 1.03 bits per heavy atom. The first-order valence-corrected chi connectivity index (χ1v) is 11.2. The third-order valence-corrected chi connectivity index (χ3v) is 5.30. The van der Waals surface area contributed by atoms with Crippen LogP contribution >= 0.6 is 0 Å². The van der Waals surface area contributed by atoms with Crippen molar-refractivity contribution in [1.82, 2.24) is 0 Å². The highest BCUT2D eigenvalue weighted by molar-refractivity contribution is 5.84. The number of rotatable bonds is 12. The molecule has 8 heteroatoms. The normalized spacial score (nSPS) is 11.1. The second-order valence-corrected chi connectivity index (χ2v) is 8.16. The number of benzene rings is 3. The van der Waals surface area contributed by atoms with Gasteiger partial charge in [0.25, 0.3) is 11.4 Å². The number of non-ortho nitro benzene ring substituents is 2. The van der Waals surface area contributed by atoms with Gasteiger partial charge in [-0.1, -0.05) is 72.8 Å². The average Bonchev–Trinajstić information content (AvgIpc) is 2.85. The number of ketones is 2. The fourth-order valence-corrected chi connectivity index (χ4v) is 3.51. The van der Waals surface area contributed by atoms with Gasteiger partial charge in [0.05, 0.1) is 9.85 Å². The van der Waals surface area contributed by atoms with Gasteiger partial charge in [0.1, 0.15) is 11.6 Å². The molecule has 0 aliphatic carbocycles. The molecular formula is C28H24N2O6. The molecular weight excluding hydrogens is 460 g/mol. The molecule has 3 aromatic carbocycles. The lowest BCUT2D eigenvalue weighted by atomic mass is 10.0.